The molecule has 1 aromatic carbocycles. The van der Waals surface area contributed by atoms with Gasteiger partial charge < -0.3 is 15.0 Å². The molecule has 0 fully saturated rings. The van der Waals surface area contributed by atoms with E-state index in [1.165, 1.54) is 12.3 Å². The Labute approximate surface area is 154 Å². The highest BCUT2D eigenvalue weighted by molar-refractivity contribution is 6.30. The first kappa shape index (κ1) is 17.8. The molecule has 3 rings (SSSR count). The van der Waals surface area contributed by atoms with Crippen LogP contribution in [0.4, 0.5) is 5.82 Å². The number of aromatic amines is 1. The van der Waals surface area contributed by atoms with Crippen molar-refractivity contribution >= 4 is 29.3 Å². The number of hydrogen-bond acceptors (Lipinski definition) is 4. The van der Waals surface area contributed by atoms with Gasteiger partial charge in [-0.05, 0) is 32.0 Å². The zero-order valence-electron chi connectivity index (χ0n) is 14.2. The summed E-state index contributed by atoms with van der Waals surface area (Å²) in [5.74, 6) is -0.630. The van der Waals surface area contributed by atoms with Crippen LogP contribution in [0.15, 0.2) is 42.6 Å². The van der Waals surface area contributed by atoms with Crippen LogP contribution in [0.3, 0.4) is 0 Å². The lowest BCUT2D eigenvalue weighted by Gasteiger charge is -2.09. The molecule has 3 aromatic rings. The Morgan fingerprint density at radius 2 is 1.96 bits per heavy atom. The van der Waals surface area contributed by atoms with Gasteiger partial charge in [0.15, 0.2) is 6.61 Å². The van der Waals surface area contributed by atoms with Gasteiger partial charge in [0.05, 0.1) is 16.4 Å². The SMILES string of the molecule is Cc1ccc(-n2nc(C)cc2NC(=O)COC(=O)c2cc(Cl)c[nH]2)cc1. The molecule has 0 radical (unpaired) electrons. The van der Waals surface area contributed by atoms with Crippen LogP contribution in [-0.2, 0) is 9.53 Å². The first-order valence-electron chi connectivity index (χ1n) is 7.87. The number of ether oxygens (including phenoxy) is 1. The number of hydrogen-bond donors (Lipinski definition) is 2. The maximum absolute atomic E-state index is 12.1. The molecular formula is C18H17ClN4O3. The number of esters is 1. The third kappa shape index (κ3) is 4.12. The molecule has 0 aliphatic carbocycles. The number of nitrogens with zero attached hydrogens (tertiary/aromatic N) is 2. The minimum absolute atomic E-state index is 0.184. The number of aromatic nitrogens is 3. The first-order chi connectivity index (χ1) is 12.4. The van der Waals surface area contributed by atoms with E-state index in [-0.39, 0.29) is 5.69 Å². The Morgan fingerprint density at radius 1 is 1.23 bits per heavy atom. The lowest BCUT2D eigenvalue weighted by molar-refractivity contribution is -0.119. The van der Waals surface area contributed by atoms with Gasteiger partial charge in [-0.1, -0.05) is 29.3 Å². The third-order valence-corrected chi connectivity index (χ3v) is 3.80. The summed E-state index contributed by atoms with van der Waals surface area (Å²) in [4.78, 5) is 26.6. The highest BCUT2D eigenvalue weighted by Crippen LogP contribution is 2.17. The van der Waals surface area contributed by atoms with Crippen molar-refractivity contribution in [2.24, 2.45) is 0 Å². The number of carbonyl (C=O) groups is 2. The van der Waals surface area contributed by atoms with Gasteiger partial charge in [-0.25, -0.2) is 9.48 Å². The van der Waals surface area contributed by atoms with E-state index >= 15 is 0 Å². The van der Waals surface area contributed by atoms with Crippen molar-refractivity contribution in [2.75, 3.05) is 11.9 Å². The fourth-order valence-corrected chi connectivity index (χ4v) is 2.51. The third-order valence-electron chi connectivity index (χ3n) is 3.58. The average Bonchev–Trinajstić information content (AvgIpc) is 3.19. The first-order valence-corrected chi connectivity index (χ1v) is 8.25. The molecule has 0 aliphatic rings. The van der Waals surface area contributed by atoms with Crippen molar-refractivity contribution in [2.45, 2.75) is 13.8 Å². The molecule has 0 bridgehead atoms. The van der Waals surface area contributed by atoms with E-state index in [1.807, 2.05) is 38.1 Å². The highest BCUT2D eigenvalue weighted by Gasteiger charge is 2.14. The summed E-state index contributed by atoms with van der Waals surface area (Å²) in [6, 6.07) is 10.9. The molecule has 0 atom stereocenters. The summed E-state index contributed by atoms with van der Waals surface area (Å²) in [7, 11) is 0. The summed E-state index contributed by atoms with van der Waals surface area (Å²) in [5, 5.41) is 7.48. The summed E-state index contributed by atoms with van der Waals surface area (Å²) >= 11 is 5.73. The van der Waals surface area contributed by atoms with Crippen molar-refractivity contribution in [3.05, 3.63) is 64.6 Å². The number of anilines is 1. The molecule has 7 nitrogen and oxygen atoms in total. The highest BCUT2D eigenvalue weighted by atomic mass is 35.5. The number of aryl methyl sites for hydroxylation is 2. The molecule has 2 N–H and O–H groups in total. The molecule has 0 unspecified atom stereocenters. The van der Waals surface area contributed by atoms with Crippen LogP contribution in [0.1, 0.15) is 21.7 Å². The minimum Gasteiger partial charge on any atom is -0.451 e. The second kappa shape index (κ2) is 7.45. The number of carbonyl (C=O) groups excluding carboxylic acids is 2. The van der Waals surface area contributed by atoms with Crippen molar-refractivity contribution in [1.82, 2.24) is 14.8 Å². The van der Waals surface area contributed by atoms with Crippen molar-refractivity contribution in [3.8, 4) is 5.69 Å². The van der Waals surface area contributed by atoms with Gasteiger partial charge in [-0.2, -0.15) is 5.10 Å². The Kier molecular flexibility index (Phi) is 5.09. The lowest BCUT2D eigenvalue weighted by atomic mass is 10.2. The second-order valence-corrected chi connectivity index (χ2v) is 6.21. The predicted molar refractivity (Wildman–Crippen MR) is 97.8 cm³/mol. The van der Waals surface area contributed by atoms with Crippen LogP contribution < -0.4 is 5.32 Å². The van der Waals surface area contributed by atoms with Crippen LogP contribution in [-0.4, -0.2) is 33.2 Å². The zero-order valence-corrected chi connectivity index (χ0v) is 15.0. The van der Waals surface area contributed by atoms with Crippen LogP contribution in [0.25, 0.3) is 5.69 Å². The van der Waals surface area contributed by atoms with Crippen LogP contribution in [0.2, 0.25) is 5.02 Å². The molecular weight excluding hydrogens is 356 g/mol. The van der Waals surface area contributed by atoms with E-state index in [4.69, 9.17) is 16.3 Å². The van der Waals surface area contributed by atoms with Crippen LogP contribution in [0.5, 0.6) is 0 Å². The molecule has 26 heavy (non-hydrogen) atoms. The Bertz CT molecular complexity index is 944. The molecule has 0 spiro atoms. The Balaban J connectivity index is 1.66. The number of halogens is 1. The molecule has 0 aliphatic heterocycles. The van der Waals surface area contributed by atoms with Gasteiger partial charge >= 0.3 is 5.97 Å². The van der Waals surface area contributed by atoms with Gasteiger partial charge in [0.2, 0.25) is 0 Å². The minimum atomic E-state index is -0.657. The molecule has 2 heterocycles. The summed E-state index contributed by atoms with van der Waals surface area (Å²) in [6.45, 7) is 3.40. The molecule has 2 aromatic heterocycles. The maximum Gasteiger partial charge on any atom is 0.355 e. The van der Waals surface area contributed by atoms with Crippen molar-refractivity contribution in [3.63, 3.8) is 0 Å². The quantitative estimate of drug-likeness (QED) is 0.673. The second-order valence-electron chi connectivity index (χ2n) is 5.77. The maximum atomic E-state index is 12.1. The normalized spacial score (nSPS) is 10.6. The van der Waals surface area contributed by atoms with E-state index < -0.39 is 18.5 Å². The number of amides is 1. The molecule has 134 valence electrons. The largest absolute Gasteiger partial charge is 0.451 e. The summed E-state index contributed by atoms with van der Waals surface area (Å²) in [5.41, 5.74) is 2.87. The van der Waals surface area contributed by atoms with Gasteiger partial charge in [0.25, 0.3) is 5.91 Å². The van der Waals surface area contributed by atoms with Crippen LogP contribution in [0, 0.1) is 13.8 Å². The summed E-state index contributed by atoms with van der Waals surface area (Å²) < 4.78 is 6.60. The van der Waals surface area contributed by atoms with Crippen LogP contribution >= 0.6 is 11.6 Å². The Hall–Kier alpha value is -3.06. The number of nitrogens with one attached hydrogen (secondary N) is 2. The smallest absolute Gasteiger partial charge is 0.355 e. The molecule has 0 saturated heterocycles. The van der Waals surface area contributed by atoms with Gasteiger partial charge in [0, 0.05) is 12.3 Å². The van der Waals surface area contributed by atoms with E-state index in [0.717, 1.165) is 16.9 Å². The molecule has 8 heteroatoms. The topological polar surface area (TPSA) is 89.0 Å². The van der Waals surface area contributed by atoms with E-state index in [0.29, 0.717) is 10.8 Å². The average molecular weight is 373 g/mol. The predicted octanol–water partition coefficient (Wildman–Crippen LogP) is 3.27. The van der Waals surface area contributed by atoms with Gasteiger partial charge in [0.1, 0.15) is 11.5 Å². The van der Waals surface area contributed by atoms with Crippen molar-refractivity contribution < 1.29 is 14.3 Å². The standard InChI is InChI=1S/C18H17ClN4O3/c1-11-3-5-14(6-4-11)23-16(7-12(2)22-23)21-17(24)10-26-18(25)15-8-13(19)9-20-15/h3-9,20H,10H2,1-2H3,(H,21,24). The van der Waals surface area contributed by atoms with E-state index in [1.54, 1.807) is 10.7 Å². The number of benzene rings is 1. The van der Waals surface area contributed by atoms with Crippen molar-refractivity contribution in [1.29, 1.82) is 0 Å². The molecule has 1 amide bonds. The van der Waals surface area contributed by atoms with Gasteiger partial charge in [-0.15, -0.1) is 0 Å². The van der Waals surface area contributed by atoms with Gasteiger partial charge in [-0.3, -0.25) is 4.79 Å². The zero-order chi connectivity index (χ0) is 18.7. The Morgan fingerprint density at radius 3 is 2.62 bits per heavy atom. The molecule has 0 saturated carbocycles. The van der Waals surface area contributed by atoms with E-state index in [2.05, 4.69) is 15.4 Å². The lowest BCUT2D eigenvalue weighted by Crippen LogP contribution is -2.22. The fraction of sp³-hybridized carbons (Fsp3) is 0.167. The fourth-order valence-electron chi connectivity index (χ4n) is 2.34. The van der Waals surface area contributed by atoms with E-state index in [9.17, 15) is 9.59 Å². The number of H-pyrrole nitrogens is 1. The monoisotopic (exact) mass is 372 g/mol. The number of rotatable bonds is 5. The summed E-state index contributed by atoms with van der Waals surface area (Å²) in [6.07, 6.45) is 1.46.